The second-order valence-corrected chi connectivity index (χ2v) is 5.88. The Morgan fingerprint density at radius 2 is 1.87 bits per heavy atom. The average Bonchev–Trinajstić information content (AvgIpc) is 2.18. The zero-order valence-corrected chi connectivity index (χ0v) is 10.9. The fourth-order valence-electron chi connectivity index (χ4n) is 1.20. The maximum absolute atomic E-state index is 11.2. The predicted octanol–water partition coefficient (Wildman–Crippen LogP) is 1.57. The van der Waals surface area contributed by atoms with E-state index >= 15 is 0 Å². The molecule has 0 heterocycles. The first kappa shape index (κ1) is 12.7. The van der Waals surface area contributed by atoms with Crippen molar-refractivity contribution in [2.75, 3.05) is 18.3 Å². The molecule has 0 aromatic heterocycles. The molecule has 0 amide bonds. The molecule has 0 saturated heterocycles. The van der Waals surface area contributed by atoms with Gasteiger partial charge in [0.25, 0.3) is 0 Å². The van der Waals surface area contributed by atoms with Crippen LogP contribution >= 0.6 is 15.9 Å². The van der Waals surface area contributed by atoms with Crippen molar-refractivity contribution >= 4 is 25.8 Å². The minimum absolute atomic E-state index is 0.375. The average molecular weight is 292 g/mol. The number of alkyl halides is 1. The van der Waals surface area contributed by atoms with Gasteiger partial charge in [0.1, 0.15) is 0 Å². The van der Waals surface area contributed by atoms with Crippen molar-refractivity contribution in [3.8, 4) is 0 Å². The summed E-state index contributed by atoms with van der Waals surface area (Å²) in [5, 5.41) is 3.14. The van der Waals surface area contributed by atoms with E-state index in [9.17, 15) is 8.42 Å². The highest BCUT2D eigenvalue weighted by Crippen LogP contribution is 2.10. The maximum atomic E-state index is 11.2. The van der Waals surface area contributed by atoms with E-state index in [4.69, 9.17) is 0 Å². The molecule has 0 spiro atoms. The zero-order chi connectivity index (χ0) is 11.3. The van der Waals surface area contributed by atoms with Gasteiger partial charge in [-0.25, -0.2) is 8.42 Å². The van der Waals surface area contributed by atoms with Gasteiger partial charge in [-0.1, -0.05) is 28.1 Å². The molecule has 0 aliphatic carbocycles. The van der Waals surface area contributed by atoms with Gasteiger partial charge >= 0.3 is 0 Å². The Kier molecular flexibility index (Phi) is 4.76. The standard InChI is InChI=1S/C10H14BrNO2S/c1-15(13,14)10-4-2-9(3-5-10)6-7-12-8-11/h2-5,12H,6-8H2,1H3. The zero-order valence-electron chi connectivity index (χ0n) is 8.53. The Balaban J connectivity index is 2.65. The molecular formula is C10H14BrNO2S. The first-order valence-corrected chi connectivity index (χ1v) is 7.61. The van der Waals surface area contributed by atoms with Gasteiger partial charge in [0.2, 0.25) is 0 Å². The number of halogens is 1. The van der Waals surface area contributed by atoms with Crippen LogP contribution < -0.4 is 5.32 Å². The summed E-state index contributed by atoms with van der Waals surface area (Å²) in [6, 6.07) is 7.01. The van der Waals surface area contributed by atoms with Crippen molar-refractivity contribution in [2.24, 2.45) is 0 Å². The SMILES string of the molecule is CS(=O)(=O)c1ccc(CCNCBr)cc1. The van der Waals surface area contributed by atoms with Crippen LogP contribution in [0.3, 0.4) is 0 Å². The van der Waals surface area contributed by atoms with Crippen LogP contribution in [0.5, 0.6) is 0 Å². The van der Waals surface area contributed by atoms with Gasteiger partial charge < -0.3 is 5.32 Å². The van der Waals surface area contributed by atoms with Crippen molar-refractivity contribution in [3.63, 3.8) is 0 Å². The summed E-state index contributed by atoms with van der Waals surface area (Å²) < 4.78 is 22.4. The molecule has 15 heavy (non-hydrogen) atoms. The van der Waals surface area contributed by atoms with E-state index in [1.165, 1.54) is 6.26 Å². The molecule has 0 radical (unpaired) electrons. The Hall–Kier alpha value is -0.390. The van der Waals surface area contributed by atoms with Crippen molar-refractivity contribution in [1.82, 2.24) is 5.32 Å². The smallest absolute Gasteiger partial charge is 0.175 e. The van der Waals surface area contributed by atoms with Crippen LogP contribution in [0.2, 0.25) is 0 Å². The lowest BCUT2D eigenvalue weighted by Gasteiger charge is -2.03. The molecule has 0 aliphatic rings. The molecule has 1 N–H and O–H groups in total. The highest BCUT2D eigenvalue weighted by molar-refractivity contribution is 9.09. The highest BCUT2D eigenvalue weighted by atomic mass is 79.9. The van der Waals surface area contributed by atoms with E-state index in [1.54, 1.807) is 12.1 Å². The molecule has 0 bridgehead atoms. The molecule has 1 rings (SSSR count). The van der Waals surface area contributed by atoms with Crippen LogP contribution in [0.25, 0.3) is 0 Å². The van der Waals surface area contributed by atoms with Gasteiger partial charge in [-0.3, -0.25) is 0 Å². The van der Waals surface area contributed by atoms with E-state index in [2.05, 4.69) is 21.2 Å². The largest absolute Gasteiger partial charge is 0.307 e. The van der Waals surface area contributed by atoms with E-state index in [0.29, 0.717) is 4.90 Å². The van der Waals surface area contributed by atoms with Gasteiger partial charge in [0.15, 0.2) is 9.84 Å². The second kappa shape index (κ2) is 5.63. The number of rotatable bonds is 5. The summed E-state index contributed by atoms with van der Waals surface area (Å²) in [7, 11) is -3.07. The van der Waals surface area contributed by atoms with Crippen LogP contribution in [0.4, 0.5) is 0 Å². The summed E-state index contributed by atoms with van der Waals surface area (Å²) in [6.45, 7) is 0.878. The molecule has 0 fully saturated rings. The third kappa shape index (κ3) is 4.32. The predicted molar refractivity (Wildman–Crippen MR) is 65.1 cm³/mol. The second-order valence-electron chi connectivity index (χ2n) is 3.30. The van der Waals surface area contributed by atoms with Crippen LogP contribution in [-0.4, -0.2) is 26.7 Å². The lowest BCUT2D eigenvalue weighted by Crippen LogP contribution is -2.14. The first-order chi connectivity index (χ1) is 7.04. The van der Waals surface area contributed by atoms with Crippen LogP contribution in [-0.2, 0) is 16.3 Å². The van der Waals surface area contributed by atoms with Gasteiger partial charge in [-0.05, 0) is 30.7 Å². The van der Waals surface area contributed by atoms with E-state index in [0.717, 1.165) is 24.0 Å². The van der Waals surface area contributed by atoms with Crippen molar-refractivity contribution in [3.05, 3.63) is 29.8 Å². The third-order valence-corrected chi connectivity index (χ3v) is 3.56. The lowest BCUT2D eigenvalue weighted by atomic mass is 10.1. The number of hydrogen-bond donors (Lipinski definition) is 1. The summed E-state index contributed by atoms with van der Waals surface area (Å²) in [4.78, 5) is 0.375. The van der Waals surface area contributed by atoms with E-state index < -0.39 is 9.84 Å². The van der Waals surface area contributed by atoms with E-state index in [-0.39, 0.29) is 0 Å². The fourth-order valence-corrected chi connectivity index (χ4v) is 2.11. The number of hydrogen-bond acceptors (Lipinski definition) is 3. The minimum Gasteiger partial charge on any atom is -0.307 e. The molecule has 84 valence electrons. The van der Waals surface area contributed by atoms with Gasteiger partial charge in [0.05, 0.1) is 10.3 Å². The summed E-state index contributed by atoms with van der Waals surface area (Å²) in [5.74, 6) is 0. The quantitative estimate of drug-likeness (QED) is 0.509. The van der Waals surface area contributed by atoms with Gasteiger partial charge in [-0.15, -0.1) is 0 Å². The van der Waals surface area contributed by atoms with Crippen molar-refractivity contribution in [2.45, 2.75) is 11.3 Å². The molecule has 0 atom stereocenters. The lowest BCUT2D eigenvalue weighted by molar-refractivity contribution is 0.602. The highest BCUT2D eigenvalue weighted by Gasteiger charge is 2.05. The van der Waals surface area contributed by atoms with Crippen molar-refractivity contribution in [1.29, 1.82) is 0 Å². The topological polar surface area (TPSA) is 46.2 Å². The molecule has 0 aliphatic heterocycles. The molecule has 5 heteroatoms. The number of nitrogens with one attached hydrogen (secondary N) is 1. The summed E-state index contributed by atoms with van der Waals surface area (Å²) in [5.41, 5.74) is 1.91. The minimum atomic E-state index is -3.07. The maximum Gasteiger partial charge on any atom is 0.175 e. The molecule has 1 aromatic carbocycles. The Bertz CT molecular complexity index is 400. The monoisotopic (exact) mass is 291 g/mol. The van der Waals surface area contributed by atoms with E-state index in [1.807, 2.05) is 12.1 Å². The number of benzene rings is 1. The molecule has 1 aromatic rings. The molecule has 3 nitrogen and oxygen atoms in total. The summed E-state index contributed by atoms with van der Waals surface area (Å²) >= 11 is 3.27. The fraction of sp³-hybridized carbons (Fsp3) is 0.400. The van der Waals surface area contributed by atoms with Gasteiger partial charge in [0, 0.05) is 6.26 Å². The Labute approximate surface area is 98.9 Å². The van der Waals surface area contributed by atoms with Crippen LogP contribution in [0.1, 0.15) is 5.56 Å². The summed E-state index contributed by atoms with van der Waals surface area (Å²) in [6.07, 6.45) is 2.12. The molecule has 0 saturated carbocycles. The third-order valence-electron chi connectivity index (χ3n) is 2.04. The normalized spacial score (nSPS) is 11.6. The van der Waals surface area contributed by atoms with Crippen molar-refractivity contribution < 1.29 is 8.42 Å². The van der Waals surface area contributed by atoms with Gasteiger partial charge in [-0.2, -0.15) is 0 Å². The Morgan fingerprint density at radius 3 is 2.33 bits per heavy atom. The molecular weight excluding hydrogens is 278 g/mol. The van der Waals surface area contributed by atoms with Crippen LogP contribution in [0, 0.1) is 0 Å². The number of sulfone groups is 1. The Morgan fingerprint density at radius 1 is 1.27 bits per heavy atom. The van der Waals surface area contributed by atoms with Crippen LogP contribution in [0.15, 0.2) is 29.2 Å². The molecule has 0 unspecified atom stereocenters. The first-order valence-electron chi connectivity index (χ1n) is 4.59.